The highest BCUT2D eigenvalue weighted by molar-refractivity contribution is 8.00. The van der Waals surface area contributed by atoms with Gasteiger partial charge in [0.05, 0.1) is 36.5 Å². The third kappa shape index (κ3) is 7.14. The molecule has 5 rings (SSSR count). The van der Waals surface area contributed by atoms with Crippen LogP contribution in [0.5, 0.6) is 5.75 Å². The minimum Gasteiger partial charge on any atom is -0.495 e. The van der Waals surface area contributed by atoms with Crippen molar-refractivity contribution >= 4 is 34.7 Å². The summed E-state index contributed by atoms with van der Waals surface area (Å²) in [6.45, 7) is 1.81. The van der Waals surface area contributed by atoms with Gasteiger partial charge < -0.3 is 30.2 Å². The Labute approximate surface area is 252 Å². The molecule has 0 unspecified atom stereocenters. The van der Waals surface area contributed by atoms with Gasteiger partial charge in [0.15, 0.2) is 5.82 Å². The molecule has 0 aliphatic carbocycles. The summed E-state index contributed by atoms with van der Waals surface area (Å²) in [6, 6.07) is 7.61. The number of ether oxygens (including phenoxy) is 1. The molecule has 230 valence electrons. The molecule has 4 heterocycles. The lowest BCUT2D eigenvalue weighted by molar-refractivity contribution is -0.0329. The first-order chi connectivity index (χ1) is 20.5. The fourth-order valence-corrected chi connectivity index (χ4v) is 6.57. The van der Waals surface area contributed by atoms with E-state index in [0.717, 1.165) is 25.7 Å². The highest BCUT2D eigenvalue weighted by Gasteiger charge is 2.40. The van der Waals surface area contributed by atoms with Crippen molar-refractivity contribution in [3.05, 3.63) is 47.8 Å². The average Bonchev–Trinajstić information content (AvgIpc) is 3.42. The zero-order valence-electron chi connectivity index (χ0n) is 24.2. The third-order valence-electron chi connectivity index (χ3n) is 7.97. The number of methoxy groups -OCH3 is 1. The number of aliphatic hydroxyl groups is 1. The number of halogens is 3. The number of alkyl halides is 3. The van der Waals surface area contributed by atoms with Gasteiger partial charge >= 0.3 is 5.51 Å². The summed E-state index contributed by atoms with van der Waals surface area (Å²) in [7, 11) is 3.61. The smallest absolute Gasteiger partial charge is 0.447 e. The van der Waals surface area contributed by atoms with Gasteiger partial charge in [0.25, 0.3) is 5.91 Å². The number of aromatic nitrogens is 2. The maximum Gasteiger partial charge on any atom is 0.447 e. The van der Waals surface area contributed by atoms with Crippen molar-refractivity contribution in [1.29, 1.82) is 0 Å². The molecule has 3 aromatic rings. The molecule has 4 atom stereocenters. The SMILES string of the molecule is COc1cc(C(=O)NC[C@@H](C)O)ccc1NCC#Cc1cc2c(N[C@@H]3CC[C@@H]4CC[C@H]3N4C)nccn2c1SC(F)(F)F. The van der Waals surface area contributed by atoms with Crippen LogP contribution >= 0.6 is 11.8 Å². The number of carbonyl (C=O) groups excluding carboxylic acids is 1. The summed E-state index contributed by atoms with van der Waals surface area (Å²) in [5, 5.41) is 18.6. The van der Waals surface area contributed by atoms with Crippen LogP contribution in [0, 0.1) is 11.8 Å². The summed E-state index contributed by atoms with van der Waals surface area (Å²) in [4.78, 5) is 19.2. The van der Waals surface area contributed by atoms with Crippen molar-refractivity contribution < 1.29 is 27.8 Å². The van der Waals surface area contributed by atoms with E-state index in [0.29, 0.717) is 40.4 Å². The first kappa shape index (κ1) is 30.8. The van der Waals surface area contributed by atoms with Gasteiger partial charge in [0.2, 0.25) is 0 Å². The highest BCUT2D eigenvalue weighted by atomic mass is 32.2. The standard InChI is InChI=1S/C30H35F3N6O3S/c1-18(40)17-36-28(41)19-6-9-23(26(16-19)42-3)34-12-4-5-20-15-25-27(35-13-14-39(25)29(20)43-30(31,32)33)37-22-10-7-21-8-11-24(22)38(21)2/h6,9,13-16,18,21-22,24,34,40H,7-8,10-12,17H2,1-3H3,(H,35,37)(H,36,41)/t18-,21-,22-,24-/m1/s1. The van der Waals surface area contributed by atoms with Gasteiger partial charge in [-0.3, -0.25) is 9.69 Å². The minimum absolute atomic E-state index is 0.0210. The number of amides is 1. The van der Waals surface area contributed by atoms with Crippen LogP contribution in [0.15, 0.2) is 41.7 Å². The summed E-state index contributed by atoms with van der Waals surface area (Å²) in [6.07, 6.45) is 6.69. The lowest BCUT2D eigenvalue weighted by Crippen LogP contribution is -2.48. The van der Waals surface area contributed by atoms with Crippen LogP contribution < -0.4 is 20.7 Å². The molecule has 0 spiro atoms. The van der Waals surface area contributed by atoms with E-state index in [-0.39, 0.29) is 47.4 Å². The van der Waals surface area contributed by atoms with Crippen LogP contribution in [0.2, 0.25) is 0 Å². The van der Waals surface area contributed by atoms with E-state index < -0.39 is 11.6 Å². The van der Waals surface area contributed by atoms with Crippen LogP contribution in [0.4, 0.5) is 24.7 Å². The predicted octanol–water partition coefficient (Wildman–Crippen LogP) is 4.57. The van der Waals surface area contributed by atoms with Crippen LogP contribution in [-0.4, -0.2) is 82.3 Å². The van der Waals surface area contributed by atoms with Crippen LogP contribution in [0.1, 0.15) is 48.5 Å². The molecule has 1 amide bonds. The number of nitrogens with one attached hydrogen (secondary N) is 3. The number of hydrogen-bond donors (Lipinski definition) is 4. The molecule has 43 heavy (non-hydrogen) atoms. The van der Waals surface area contributed by atoms with Gasteiger partial charge in [-0.25, -0.2) is 4.98 Å². The van der Waals surface area contributed by atoms with Gasteiger partial charge in [-0.2, -0.15) is 13.2 Å². The maximum atomic E-state index is 13.6. The average molecular weight is 617 g/mol. The molecule has 0 radical (unpaired) electrons. The second-order valence-electron chi connectivity index (χ2n) is 10.9. The zero-order chi connectivity index (χ0) is 30.7. The molecule has 2 bridgehead atoms. The van der Waals surface area contributed by atoms with Crippen LogP contribution in [0.25, 0.3) is 5.52 Å². The topological polar surface area (TPSA) is 103 Å². The second-order valence-corrected chi connectivity index (χ2v) is 11.9. The number of anilines is 2. The first-order valence-corrected chi connectivity index (χ1v) is 15.0. The van der Waals surface area contributed by atoms with Crippen molar-refractivity contribution in [3.8, 4) is 17.6 Å². The van der Waals surface area contributed by atoms with Crippen molar-refractivity contribution in [2.75, 3.05) is 37.9 Å². The number of carbonyl (C=O) groups is 1. The van der Waals surface area contributed by atoms with E-state index in [2.05, 4.69) is 44.7 Å². The van der Waals surface area contributed by atoms with E-state index >= 15 is 0 Å². The number of benzene rings is 1. The molecule has 9 nitrogen and oxygen atoms in total. The minimum atomic E-state index is -4.50. The maximum absolute atomic E-state index is 13.6. The lowest BCUT2D eigenvalue weighted by atomic mass is 9.98. The Hall–Kier alpha value is -3.60. The number of likely N-dealkylation sites (N-methyl/N-ethyl adjacent to an activating group) is 1. The highest BCUT2D eigenvalue weighted by Crippen LogP contribution is 2.41. The van der Waals surface area contributed by atoms with Crippen molar-refractivity contribution in [1.82, 2.24) is 19.6 Å². The van der Waals surface area contributed by atoms with Gasteiger partial charge in [-0.15, -0.1) is 0 Å². The fourth-order valence-electron chi connectivity index (χ4n) is 5.88. The lowest BCUT2D eigenvalue weighted by Gasteiger charge is -2.38. The molecule has 2 aliphatic heterocycles. The Kier molecular flexibility index (Phi) is 9.29. The number of thioether (sulfide) groups is 1. The van der Waals surface area contributed by atoms with Crippen LogP contribution in [0.3, 0.4) is 0 Å². The van der Waals surface area contributed by atoms with E-state index in [1.54, 1.807) is 31.2 Å². The Bertz CT molecular complexity index is 1530. The van der Waals surface area contributed by atoms with Crippen LogP contribution in [-0.2, 0) is 0 Å². The zero-order valence-corrected chi connectivity index (χ0v) is 25.0. The van der Waals surface area contributed by atoms with Gasteiger partial charge in [-0.1, -0.05) is 11.8 Å². The monoisotopic (exact) mass is 616 g/mol. The van der Waals surface area contributed by atoms with E-state index in [9.17, 15) is 23.1 Å². The molecular weight excluding hydrogens is 581 g/mol. The molecule has 13 heteroatoms. The third-order valence-corrected chi connectivity index (χ3v) is 8.81. The second kappa shape index (κ2) is 13.0. The Morgan fingerprint density at radius 2 is 2.05 bits per heavy atom. The number of aliphatic hydroxyl groups excluding tert-OH is 1. The van der Waals surface area contributed by atoms with E-state index in [1.807, 2.05) is 0 Å². The Morgan fingerprint density at radius 1 is 1.26 bits per heavy atom. The summed E-state index contributed by atoms with van der Waals surface area (Å²) in [5.41, 5.74) is -2.78. The molecule has 2 aliphatic rings. The number of nitrogens with zero attached hydrogens (tertiary/aromatic N) is 3. The number of piperidine rings is 1. The Morgan fingerprint density at radius 3 is 2.79 bits per heavy atom. The van der Waals surface area contributed by atoms with E-state index in [4.69, 9.17) is 4.74 Å². The summed E-state index contributed by atoms with van der Waals surface area (Å²) < 4.78 is 47.7. The molecule has 2 fully saturated rings. The largest absolute Gasteiger partial charge is 0.495 e. The van der Waals surface area contributed by atoms with Gasteiger partial charge in [0.1, 0.15) is 10.8 Å². The van der Waals surface area contributed by atoms with E-state index in [1.165, 1.54) is 23.9 Å². The first-order valence-electron chi connectivity index (χ1n) is 14.2. The van der Waals surface area contributed by atoms with Crippen molar-refractivity contribution in [2.24, 2.45) is 0 Å². The number of fused-ring (bicyclic) bond motifs is 3. The molecule has 1 aromatic carbocycles. The predicted molar refractivity (Wildman–Crippen MR) is 161 cm³/mol. The Balaban J connectivity index is 1.35. The number of rotatable bonds is 9. The van der Waals surface area contributed by atoms with Crippen molar-refractivity contribution in [3.63, 3.8) is 0 Å². The summed E-state index contributed by atoms with van der Waals surface area (Å²) >= 11 is -0.196. The summed E-state index contributed by atoms with van der Waals surface area (Å²) in [5.74, 6) is 6.42. The van der Waals surface area contributed by atoms with Gasteiger partial charge in [0, 0.05) is 54.4 Å². The molecule has 0 saturated carbocycles. The molecule has 4 N–H and O–H groups in total. The molecule has 2 saturated heterocycles. The van der Waals surface area contributed by atoms with Crippen molar-refractivity contribution in [2.45, 2.75) is 67.4 Å². The molecular formula is C30H35F3N6O3S. The van der Waals surface area contributed by atoms with Gasteiger partial charge in [-0.05, 0) is 63.9 Å². The number of hydrogen-bond acceptors (Lipinski definition) is 8. The normalized spacial score (nSPS) is 20.8. The quantitative estimate of drug-likeness (QED) is 0.205. The fraction of sp³-hybridized carbons (Fsp3) is 0.467. The molecule has 2 aromatic heterocycles.